The van der Waals surface area contributed by atoms with Gasteiger partial charge in [0.25, 0.3) is 11.5 Å². The van der Waals surface area contributed by atoms with Crippen LogP contribution in [0.2, 0.25) is 5.02 Å². The van der Waals surface area contributed by atoms with E-state index < -0.39 is 23.2 Å². The molecule has 1 N–H and O–H groups in total. The molecule has 1 atom stereocenters. The molecule has 7 nitrogen and oxygen atoms in total. The highest BCUT2D eigenvalue weighted by molar-refractivity contribution is 6.33. The Morgan fingerprint density at radius 1 is 1.02 bits per heavy atom. The molecule has 0 radical (unpaired) electrons. The third-order valence-electron chi connectivity index (χ3n) is 7.90. The first kappa shape index (κ1) is 30.3. The molecule has 3 fully saturated rings. The van der Waals surface area contributed by atoms with Crippen LogP contribution in [0.5, 0.6) is 0 Å². The number of anilines is 1. The molecule has 1 unspecified atom stereocenters. The number of carbonyl (C=O) groups is 2. The van der Waals surface area contributed by atoms with E-state index in [2.05, 4.69) is 9.80 Å². The molecule has 3 aliphatic rings. The van der Waals surface area contributed by atoms with Crippen molar-refractivity contribution >= 4 is 29.5 Å². The number of alkyl halides is 3. The summed E-state index contributed by atoms with van der Waals surface area (Å²) in [5.41, 5.74) is -2.74. The maximum absolute atomic E-state index is 13.8. The summed E-state index contributed by atoms with van der Waals surface area (Å²) in [6.07, 6.45) is -2.73. The van der Waals surface area contributed by atoms with Crippen LogP contribution in [0.15, 0.2) is 48.5 Å². The first-order chi connectivity index (χ1) is 18.8. The van der Waals surface area contributed by atoms with Gasteiger partial charge in [-0.2, -0.15) is 13.2 Å². The number of benzene rings is 2. The summed E-state index contributed by atoms with van der Waals surface area (Å²) in [5.74, 6) is -1.30. The van der Waals surface area contributed by atoms with Crippen molar-refractivity contribution in [2.45, 2.75) is 30.7 Å². The minimum Gasteiger partial charge on any atom is -0.369 e. The van der Waals surface area contributed by atoms with E-state index in [0.717, 1.165) is 68.0 Å². The number of nitrogens with zero attached hydrogens (tertiary/aromatic N) is 4. The number of aliphatic hydroxyl groups is 1. The van der Waals surface area contributed by atoms with E-state index in [-0.39, 0.29) is 18.5 Å². The number of hydrogen-bond acceptors (Lipinski definition) is 6. The van der Waals surface area contributed by atoms with Crippen molar-refractivity contribution in [2.75, 3.05) is 65.3 Å². The van der Waals surface area contributed by atoms with E-state index in [4.69, 9.17) is 11.6 Å². The van der Waals surface area contributed by atoms with E-state index in [1.54, 1.807) is 12.1 Å². The Hall–Kier alpha value is -2.66. The summed E-state index contributed by atoms with van der Waals surface area (Å²) in [6.45, 7) is 3.77. The third kappa shape index (κ3) is 6.00. The lowest BCUT2D eigenvalue weighted by Gasteiger charge is -2.62. The summed E-state index contributed by atoms with van der Waals surface area (Å²) >= 11 is 6.16. The summed E-state index contributed by atoms with van der Waals surface area (Å²) < 4.78 is 41.5. The van der Waals surface area contributed by atoms with Gasteiger partial charge in [0.1, 0.15) is 0 Å². The van der Waals surface area contributed by atoms with E-state index in [1.807, 2.05) is 32.1 Å². The van der Waals surface area contributed by atoms with E-state index in [9.17, 15) is 27.9 Å². The standard InChI is InChI=1S/C26H27ClF3N3O3.C3H9N/c27-22-12-20(7-6-18(22)15-34)31-8-10-32(11-9-31)21-13-24(14-21)16-33(17-24)23(35)25(36,26(28,29)30)19-4-2-1-3-5-19;1-4(2)3/h1-7,12,15,21,36H,8-11,13-14,16-17H2;1-3H3. The number of rotatable bonds is 5. The molecule has 1 spiro atoms. The third-order valence-corrected chi connectivity index (χ3v) is 8.22. The molecule has 218 valence electrons. The highest BCUT2D eigenvalue weighted by atomic mass is 35.5. The van der Waals surface area contributed by atoms with E-state index in [1.165, 1.54) is 18.2 Å². The molecule has 40 heavy (non-hydrogen) atoms. The Morgan fingerprint density at radius 3 is 2.10 bits per heavy atom. The number of hydrogen-bond donors (Lipinski definition) is 1. The summed E-state index contributed by atoms with van der Waals surface area (Å²) in [6, 6.07) is 12.3. The van der Waals surface area contributed by atoms with Gasteiger partial charge in [-0.3, -0.25) is 14.5 Å². The van der Waals surface area contributed by atoms with Crippen molar-refractivity contribution in [2.24, 2.45) is 5.41 Å². The molecule has 2 saturated heterocycles. The molecule has 1 saturated carbocycles. The van der Waals surface area contributed by atoms with Crippen molar-refractivity contribution < 1.29 is 27.9 Å². The molecule has 2 aromatic rings. The van der Waals surface area contributed by atoms with Crippen LogP contribution in [-0.4, -0.2) is 105 Å². The highest BCUT2D eigenvalue weighted by Gasteiger charge is 2.65. The van der Waals surface area contributed by atoms with Gasteiger partial charge in [-0.1, -0.05) is 41.9 Å². The van der Waals surface area contributed by atoms with Crippen molar-refractivity contribution in [3.63, 3.8) is 0 Å². The van der Waals surface area contributed by atoms with Crippen LogP contribution in [0.4, 0.5) is 18.9 Å². The van der Waals surface area contributed by atoms with Crippen LogP contribution in [0.3, 0.4) is 0 Å². The normalized spacial score (nSPS) is 20.7. The predicted octanol–water partition coefficient (Wildman–Crippen LogP) is 3.89. The van der Waals surface area contributed by atoms with Gasteiger partial charge in [-0.25, -0.2) is 0 Å². The molecule has 0 aromatic heterocycles. The fourth-order valence-corrected chi connectivity index (χ4v) is 6.05. The first-order valence-corrected chi connectivity index (χ1v) is 13.7. The zero-order valence-electron chi connectivity index (χ0n) is 23.0. The minimum absolute atomic E-state index is 0.168. The Labute approximate surface area is 238 Å². The summed E-state index contributed by atoms with van der Waals surface area (Å²) in [4.78, 5) is 31.6. The van der Waals surface area contributed by atoms with Gasteiger partial charge in [-0.05, 0) is 52.2 Å². The SMILES string of the molecule is CN(C)C.O=Cc1ccc(N2CCN(C3CC4(C3)CN(C(=O)C(O)(c3ccccc3)C(F)(F)F)C4)CC2)cc1Cl. The molecule has 2 aliphatic heterocycles. The van der Waals surface area contributed by atoms with Crippen LogP contribution in [-0.2, 0) is 10.4 Å². The number of carbonyl (C=O) groups excluding carboxylic acids is 2. The number of piperazine rings is 1. The molecule has 5 rings (SSSR count). The predicted molar refractivity (Wildman–Crippen MR) is 149 cm³/mol. The van der Waals surface area contributed by atoms with Crippen molar-refractivity contribution in [3.05, 3.63) is 64.7 Å². The van der Waals surface area contributed by atoms with Crippen molar-refractivity contribution in [1.82, 2.24) is 14.7 Å². The smallest absolute Gasteiger partial charge is 0.369 e. The lowest BCUT2D eigenvalue weighted by Crippen LogP contribution is -2.71. The molecule has 0 bridgehead atoms. The fraction of sp³-hybridized carbons (Fsp3) is 0.517. The molecule has 1 aliphatic carbocycles. The lowest BCUT2D eigenvalue weighted by atomic mass is 9.59. The number of aldehydes is 1. The zero-order chi connectivity index (χ0) is 29.3. The van der Waals surface area contributed by atoms with Crippen molar-refractivity contribution in [1.29, 1.82) is 0 Å². The van der Waals surface area contributed by atoms with Gasteiger partial charge in [0.05, 0.1) is 5.02 Å². The van der Waals surface area contributed by atoms with Gasteiger partial charge in [0.2, 0.25) is 0 Å². The average Bonchev–Trinajstić information content (AvgIpc) is 2.86. The second-order valence-corrected chi connectivity index (χ2v) is 11.9. The average molecular weight is 581 g/mol. The van der Waals surface area contributed by atoms with Crippen LogP contribution in [0.25, 0.3) is 0 Å². The van der Waals surface area contributed by atoms with Crippen molar-refractivity contribution in [3.8, 4) is 0 Å². The fourth-order valence-electron chi connectivity index (χ4n) is 5.83. The highest BCUT2D eigenvalue weighted by Crippen LogP contribution is 2.52. The maximum Gasteiger partial charge on any atom is 0.430 e. The first-order valence-electron chi connectivity index (χ1n) is 13.3. The molecular weight excluding hydrogens is 545 g/mol. The molecule has 2 heterocycles. The summed E-state index contributed by atoms with van der Waals surface area (Å²) in [7, 11) is 6.00. The van der Waals surface area contributed by atoms with Crippen LogP contribution < -0.4 is 4.90 Å². The quantitative estimate of drug-likeness (QED) is 0.542. The topological polar surface area (TPSA) is 67.3 Å². The summed E-state index contributed by atoms with van der Waals surface area (Å²) in [5, 5.41) is 11.0. The van der Waals surface area contributed by atoms with Gasteiger partial charge in [0.15, 0.2) is 6.29 Å². The van der Waals surface area contributed by atoms with Gasteiger partial charge >= 0.3 is 6.18 Å². The Bertz CT molecular complexity index is 1190. The molecular formula is C29H36ClF3N4O3. The number of halogens is 4. The maximum atomic E-state index is 13.8. The molecule has 2 aromatic carbocycles. The van der Waals surface area contributed by atoms with Crippen LogP contribution in [0.1, 0.15) is 28.8 Å². The monoisotopic (exact) mass is 580 g/mol. The minimum atomic E-state index is -5.12. The number of likely N-dealkylation sites (tertiary alicyclic amines) is 1. The Kier molecular flexibility index (Phi) is 8.85. The van der Waals surface area contributed by atoms with Gasteiger partial charge in [0, 0.05) is 67.5 Å². The second kappa shape index (κ2) is 11.7. The van der Waals surface area contributed by atoms with Crippen LogP contribution >= 0.6 is 11.6 Å². The second-order valence-electron chi connectivity index (χ2n) is 11.5. The Morgan fingerprint density at radius 2 is 1.60 bits per heavy atom. The zero-order valence-corrected chi connectivity index (χ0v) is 23.8. The van der Waals surface area contributed by atoms with E-state index >= 15 is 0 Å². The number of amides is 1. The van der Waals surface area contributed by atoms with E-state index in [0.29, 0.717) is 16.6 Å². The van der Waals surface area contributed by atoms with Gasteiger partial charge in [-0.15, -0.1) is 0 Å². The molecule has 1 amide bonds. The Balaban J connectivity index is 0.000000867. The largest absolute Gasteiger partial charge is 0.430 e. The van der Waals surface area contributed by atoms with Gasteiger partial charge < -0.3 is 19.8 Å². The molecule has 11 heteroatoms. The lowest BCUT2D eigenvalue weighted by molar-refractivity contribution is -0.267. The van der Waals surface area contributed by atoms with Crippen LogP contribution in [0, 0.1) is 5.41 Å².